The molecule has 0 bridgehead atoms. The molecule has 0 aliphatic carbocycles. The van der Waals surface area contributed by atoms with Crippen LogP contribution in [-0.2, 0) is 26.5 Å². The minimum Gasteiger partial charge on any atom is -0.480 e. The lowest BCUT2D eigenvalue weighted by Gasteiger charge is -2.30. The number of hydrogen-bond donors (Lipinski definition) is 1. The highest BCUT2D eigenvalue weighted by Gasteiger charge is 2.34. The normalized spacial score (nSPS) is 24.1. The third kappa shape index (κ3) is 3.05. The van der Waals surface area contributed by atoms with Gasteiger partial charge in [0.25, 0.3) is 5.89 Å². The first-order valence-electron chi connectivity index (χ1n) is 5.87. The summed E-state index contributed by atoms with van der Waals surface area (Å²) in [5.74, 6) is -0.268. The van der Waals surface area contributed by atoms with E-state index in [-0.39, 0.29) is 19.1 Å². The number of aromatic nitrogens is 2. The van der Waals surface area contributed by atoms with Crippen LogP contribution in [0.4, 0.5) is 0 Å². The lowest BCUT2D eigenvalue weighted by Crippen LogP contribution is -2.31. The van der Waals surface area contributed by atoms with Gasteiger partial charge >= 0.3 is 5.97 Å². The number of carboxylic acid groups (broad SMARTS) is 1. The van der Waals surface area contributed by atoms with Crippen molar-refractivity contribution in [2.45, 2.75) is 38.4 Å². The average Bonchev–Trinajstić information content (AvgIpc) is 2.79. The zero-order valence-electron chi connectivity index (χ0n) is 10.2. The third-order valence-corrected chi connectivity index (χ3v) is 2.86. The van der Waals surface area contributed by atoms with Crippen LogP contribution in [0.2, 0.25) is 0 Å². The summed E-state index contributed by atoms with van der Waals surface area (Å²) in [6.45, 7) is 2.23. The van der Waals surface area contributed by atoms with E-state index >= 15 is 0 Å². The largest absolute Gasteiger partial charge is 0.480 e. The second-order valence-electron chi connectivity index (χ2n) is 4.43. The molecule has 7 nitrogen and oxygen atoms in total. The Labute approximate surface area is 104 Å². The van der Waals surface area contributed by atoms with E-state index in [2.05, 4.69) is 10.1 Å². The fraction of sp³-hybridized carbons (Fsp3) is 0.727. The van der Waals surface area contributed by atoms with Gasteiger partial charge in [0.2, 0.25) is 5.82 Å². The third-order valence-electron chi connectivity index (χ3n) is 2.86. The first kappa shape index (κ1) is 13.0. The fourth-order valence-corrected chi connectivity index (χ4v) is 1.86. The number of rotatable bonds is 5. The average molecular weight is 256 g/mol. The van der Waals surface area contributed by atoms with Crippen LogP contribution >= 0.6 is 0 Å². The van der Waals surface area contributed by atoms with E-state index in [1.807, 2.05) is 6.92 Å². The maximum Gasteiger partial charge on any atom is 0.329 e. The summed E-state index contributed by atoms with van der Waals surface area (Å²) in [5, 5.41) is 12.3. The Morgan fingerprint density at radius 1 is 1.56 bits per heavy atom. The maximum absolute atomic E-state index is 10.3. The highest BCUT2D eigenvalue weighted by atomic mass is 16.5. The van der Waals surface area contributed by atoms with Crippen molar-refractivity contribution in [1.82, 2.24) is 10.1 Å². The van der Waals surface area contributed by atoms with Crippen molar-refractivity contribution in [3.63, 3.8) is 0 Å². The van der Waals surface area contributed by atoms with Crippen molar-refractivity contribution in [1.29, 1.82) is 0 Å². The summed E-state index contributed by atoms with van der Waals surface area (Å²) in [4.78, 5) is 14.5. The Morgan fingerprint density at radius 3 is 3.06 bits per heavy atom. The van der Waals surface area contributed by atoms with Gasteiger partial charge in [-0.3, -0.25) is 0 Å². The molecule has 18 heavy (non-hydrogen) atoms. The van der Waals surface area contributed by atoms with Gasteiger partial charge in [0.05, 0.1) is 0 Å². The molecule has 0 spiro atoms. The Kier molecular flexibility index (Phi) is 3.93. The standard InChI is InChI=1S/C11H16N2O5/c1-11(4-2-3-5-17-11)10-12-8(18-13-10)6-16-7-9(14)15/h2-7H2,1H3,(H,14,15). The molecular formula is C11H16N2O5. The molecule has 1 aliphatic heterocycles. The van der Waals surface area contributed by atoms with E-state index in [1.54, 1.807) is 0 Å². The number of ether oxygens (including phenoxy) is 2. The van der Waals surface area contributed by atoms with E-state index < -0.39 is 11.6 Å². The van der Waals surface area contributed by atoms with Crippen LogP contribution in [0.15, 0.2) is 4.52 Å². The van der Waals surface area contributed by atoms with E-state index in [0.29, 0.717) is 12.4 Å². The van der Waals surface area contributed by atoms with Crippen molar-refractivity contribution in [2.24, 2.45) is 0 Å². The number of aliphatic carboxylic acids is 1. The minimum atomic E-state index is -1.03. The molecule has 2 heterocycles. The minimum absolute atomic E-state index is 0.00458. The monoisotopic (exact) mass is 256 g/mol. The number of hydrogen-bond acceptors (Lipinski definition) is 6. The van der Waals surface area contributed by atoms with Crippen LogP contribution in [0, 0.1) is 0 Å². The molecule has 1 aromatic heterocycles. The van der Waals surface area contributed by atoms with Gasteiger partial charge in [-0.1, -0.05) is 5.16 Å². The first-order valence-corrected chi connectivity index (χ1v) is 5.87. The Morgan fingerprint density at radius 2 is 2.39 bits per heavy atom. The van der Waals surface area contributed by atoms with Gasteiger partial charge in [0.15, 0.2) is 0 Å². The molecule has 0 aromatic carbocycles. The molecule has 1 unspecified atom stereocenters. The molecular weight excluding hydrogens is 240 g/mol. The summed E-state index contributed by atoms with van der Waals surface area (Å²) < 4.78 is 15.6. The van der Waals surface area contributed by atoms with Crippen molar-refractivity contribution in [2.75, 3.05) is 13.2 Å². The molecule has 1 aromatic rings. The number of nitrogens with zero attached hydrogens (tertiary/aromatic N) is 2. The molecule has 1 fully saturated rings. The predicted octanol–water partition coefficient (Wildman–Crippen LogP) is 1.09. The molecule has 2 rings (SSSR count). The molecule has 7 heteroatoms. The fourth-order valence-electron chi connectivity index (χ4n) is 1.86. The summed E-state index contributed by atoms with van der Waals surface area (Å²) >= 11 is 0. The summed E-state index contributed by atoms with van der Waals surface area (Å²) in [6, 6.07) is 0. The summed E-state index contributed by atoms with van der Waals surface area (Å²) in [5.41, 5.74) is -0.507. The van der Waals surface area contributed by atoms with Crippen LogP contribution in [0.1, 0.15) is 37.9 Å². The molecule has 0 radical (unpaired) electrons. The second kappa shape index (κ2) is 5.45. The molecule has 1 aliphatic rings. The van der Waals surface area contributed by atoms with E-state index in [4.69, 9.17) is 19.1 Å². The molecule has 100 valence electrons. The Bertz CT molecular complexity index is 411. The lowest BCUT2D eigenvalue weighted by molar-refractivity contribution is -0.142. The van der Waals surface area contributed by atoms with Crippen molar-refractivity contribution in [3.05, 3.63) is 11.7 Å². The van der Waals surface area contributed by atoms with Gasteiger partial charge in [-0.15, -0.1) is 0 Å². The lowest BCUT2D eigenvalue weighted by atomic mass is 9.95. The predicted molar refractivity (Wildman–Crippen MR) is 58.7 cm³/mol. The maximum atomic E-state index is 10.3. The second-order valence-corrected chi connectivity index (χ2v) is 4.43. The van der Waals surface area contributed by atoms with Crippen LogP contribution in [0.3, 0.4) is 0 Å². The van der Waals surface area contributed by atoms with Crippen molar-refractivity contribution < 1.29 is 23.9 Å². The van der Waals surface area contributed by atoms with Gasteiger partial charge in [-0.05, 0) is 26.2 Å². The molecule has 0 amide bonds. The van der Waals surface area contributed by atoms with Crippen molar-refractivity contribution >= 4 is 5.97 Å². The van der Waals surface area contributed by atoms with Crippen LogP contribution < -0.4 is 0 Å². The van der Waals surface area contributed by atoms with Gasteiger partial charge in [-0.25, -0.2) is 4.79 Å². The summed E-state index contributed by atoms with van der Waals surface area (Å²) in [6.07, 6.45) is 2.96. The van der Waals surface area contributed by atoms with E-state index in [9.17, 15) is 4.79 Å². The Hall–Kier alpha value is -1.47. The van der Waals surface area contributed by atoms with Gasteiger partial charge in [0.1, 0.15) is 18.8 Å². The van der Waals surface area contributed by atoms with Crippen molar-refractivity contribution in [3.8, 4) is 0 Å². The zero-order valence-corrected chi connectivity index (χ0v) is 10.2. The van der Waals surface area contributed by atoms with Gasteiger partial charge < -0.3 is 19.1 Å². The highest BCUT2D eigenvalue weighted by molar-refractivity contribution is 5.67. The smallest absolute Gasteiger partial charge is 0.329 e. The van der Waals surface area contributed by atoms with Crippen LogP contribution in [0.5, 0.6) is 0 Å². The Balaban J connectivity index is 1.94. The van der Waals surface area contributed by atoms with Gasteiger partial charge in [0, 0.05) is 6.61 Å². The van der Waals surface area contributed by atoms with Gasteiger partial charge in [-0.2, -0.15) is 4.98 Å². The topological polar surface area (TPSA) is 94.7 Å². The molecule has 1 saturated heterocycles. The van der Waals surface area contributed by atoms with Crippen LogP contribution in [0.25, 0.3) is 0 Å². The number of carboxylic acids is 1. The molecule has 0 saturated carbocycles. The SMILES string of the molecule is CC1(c2noc(COCC(=O)O)n2)CCCCO1. The highest BCUT2D eigenvalue weighted by Crippen LogP contribution is 2.32. The quantitative estimate of drug-likeness (QED) is 0.842. The van der Waals surface area contributed by atoms with E-state index in [1.165, 1.54) is 0 Å². The molecule has 1 N–H and O–H groups in total. The first-order chi connectivity index (χ1) is 8.60. The number of carbonyl (C=O) groups is 1. The van der Waals surface area contributed by atoms with E-state index in [0.717, 1.165) is 19.3 Å². The van der Waals surface area contributed by atoms with Crippen LogP contribution in [-0.4, -0.2) is 34.4 Å². The zero-order chi connectivity index (χ0) is 13.0. The summed E-state index contributed by atoms with van der Waals surface area (Å²) in [7, 11) is 0. The molecule has 1 atom stereocenters.